The number of carbonyl (C=O) groups excluding carboxylic acids is 5. The predicted molar refractivity (Wildman–Crippen MR) is 173 cm³/mol. The highest BCUT2D eigenvalue weighted by molar-refractivity contribution is 5.92. The molecule has 4 saturated carbocycles. The Labute approximate surface area is 277 Å². The number of ether oxygens (including phenoxy) is 1. The summed E-state index contributed by atoms with van der Waals surface area (Å²) in [6.07, 6.45) is 8.02. The van der Waals surface area contributed by atoms with Gasteiger partial charge in [-0.15, -0.1) is 0 Å². The number of amides is 3. The van der Waals surface area contributed by atoms with Crippen LogP contribution in [-0.2, 0) is 30.3 Å². The van der Waals surface area contributed by atoms with Crippen molar-refractivity contribution >= 4 is 36.1 Å². The molecule has 5 rings (SSSR count). The number of aldehydes is 1. The maximum atomic E-state index is 13.6. The Hall–Kier alpha value is -4.16. The largest absolute Gasteiger partial charge is 0.550 e. The fourth-order valence-electron chi connectivity index (χ4n) is 7.57. The van der Waals surface area contributed by atoms with Crippen LogP contribution in [0.1, 0.15) is 84.1 Å². The van der Waals surface area contributed by atoms with Crippen LogP contribution in [0.25, 0.3) is 0 Å². The number of hydrogen-bond acceptors (Lipinski definition) is 7. The van der Waals surface area contributed by atoms with E-state index in [1.165, 1.54) is 19.3 Å². The van der Waals surface area contributed by atoms with Gasteiger partial charge in [0.25, 0.3) is 0 Å². The summed E-state index contributed by atoms with van der Waals surface area (Å²) in [5.74, 6) is 0.0205. The number of aliphatic carboxylic acids is 1. The lowest BCUT2D eigenvalue weighted by Gasteiger charge is -2.55. The molecule has 1 aromatic carbocycles. The van der Waals surface area contributed by atoms with Crippen LogP contribution in [-0.4, -0.2) is 66.4 Å². The molecule has 8 N–H and O–H groups in total. The third-order valence-corrected chi connectivity index (χ3v) is 9.04. The topological polar surface area (TPSA) is 220 Å². The zero-order valence-electron chi connectivity index (χ0n) is 27.8. The molecule has 260 valence electrons. The van der Waals surface area contributed by atoms with E-state index in [-0.39, 0.29) is 18.3 Å². The molecule has 4 aliphatic carbocycles. The molecule has 0 aliphatic heterocycles. The monoisotopic (exact) mass is 656 g/mol. The van der Waals surface area contributed by atoms with E-state index in [0.717, 1.165) is 31.7 Å². The molecule has 4 bridgehead atoms. The number of carboxylic acids is 1. The van der Waals surface area contributed by atoms with E-state index in [9.17, 15) is 19.2 Å². The van der Waals surface area contributed by atoms with Gasteiger partial charge in [0.1, 0.15) is 24.0 Å². The third kappa shape index (κ3) is 12.5. The predicted octanol–water partition coefficient (Wildman–Crippen LogP) is -0.602. The summed E-state index contributed by atoms with van der Waals surface area (Å²) in [4.78, 5) is 63.7. The lowest BCUT2D eigenvalue weighted by molar-refractivity contribution is -0.459. The van der Waals surface area contributed by atoms with Gasteiger partial charge < -0.3 is 35.4 Å². The van der Waals surface area contributed by atoms with Gasteiger partial charge in [-0.25, -0.2) is 4.79 Å². The average molecular weight is 657 g/mol. The summed E-state index contributed by atoms with van der Waals surface area (Å²) in [6.45, 7) is 5.37. The molecule has 0 radical (unpaired) electrons. The number of alkyl carbamates (subject to hydrolysis) is 1. The van der Waals surface area contributed by atoms with E-state index >= 15 is 0 Å². The zero-order chi connectivity index (χ0) is 34.6. The normalized spacial score (nSPS) is 24.0. The van der Waals surface area contributed by atoms with Crippen molar-refractivity contribution in [1.82, 2.24) is 16.0 Å². The number of hydrogen-bond donors (Lipinski definition) is 6. The molecular formula is C34H52N6O7. The second-order valence-electron chi connectivity index (χ2n) is 13.8. The van der Waals surface area contributed by atoms with Crippen LogP contribution >= 0.6 is 0 Å². The van der Waals surface area contributed by atoms with Crippen LogP contribution < -0.4 is 37.5 Å². The standard InChI is InChI=1S/C32H48N6O5.C2H4O2/c1-20(2)11-26(38-31(42)43-32-16-22-12-23(17-32)14-24(13-22)18-32)29(41)37-27(15-21-7-4-3-5-8-21)28(40)36-25(19-39)9-6-10-35-30(33)34;1-2(3)4/h3-5,7-8,19-20,22-27H,6,9-18H2,1-2H3,(H,36,40)(H,37,41)(H,38,42)(H4,33,34,35);1H3,(H,3,4)/t22?,23?,24?,25-,26+,27-,32?;/m0./s1. The van der Waals surface area contributed by atoms with Gasteiger partial charge in [0.05, 0.1) is 12.6 Å². The van der Waals surface area contributed by atoms with Crippen molar-refractivity contribution in [2.45, 2.75) is 109 Å². The first-order valence-electron chi connectivity index (χ1n) is 16.7. The van der Waals surface area contributed by atoms with Crippen LogP contribution in [0, 0.1) is 23.7 Å². The molecule has 0 saturated heterocycles. The number of guanidine groups is 1. The minimum Gasteiger partial charge on any atom is -0.550 e. The molecule has 1 aromatic rings. The molecule has 0 spiro atoms. The van der Waals surface area contributed by atoms with Gasteiger partial charge in [0.15, 0.2) is 0 Å². The van der Waals surface area contributed by atoms with E-state index in [0.29, 0.717) is 49.8 Å². The quantitative estimate of drug-likeness (QED) is 0.0613. The summed E-state index contributed by atoms with van der Waals surface area (Å²) in [5.41, 5.74) is 11.2. The highest BCUT2D eigenvalue weighted by Crippen LogP contribution is 2.57. The first-order valence-corrected chi connectivity index (χ1v) is 16.7. The summed E-state index contributed by atoms with van der Waals surface area (Å²) in [5, 5.41) is 17.3. The molecule has 3 atom stereocenters. The van der Waals surface area contributed by atoms with E-state index < -0.39 is 47.6 Å². The van der Waals surface area contributed by atoms with Crippen LogP contribution in [0.3, 0.4) is 0 Å². The molecule has 4 aliphatic rings. The summed E-state index contributed by atoms with van der Waals surface area (Å²) in [7, 11) is 0. The Morgan fingerprint density at radius 3 is 2.02 bits per heavy atom. The Morgan fingerprint density at radius 1 is 0.957 bits per heavy atom. The molecule has 47 heavy (non-hydrogen) atoms. The lowest BCUT2D eigenvalue weighted by Crippen LogP contribution is -2.78. The van der Waals surface area contributed by atoms with Crippen molar-refractivity contribution in [3.05, 3.63) is 35.9 Å². The SMILES string of the molecule is CC(=O)[O-].CC(C)C[C@@H](NC(=O)OC12CC3CC(CC(C3)C1)C2)C(=O)N[C@@H](Cc1ccccc1)C(=O)N[C@H](C=O)CCC[NH+]=C(N)N. The molecule has 0 aromatic heterocycles. The van der Waals surface area contributed by atoms with E-state index in [4.69, 9.17) is 26.1 Å². The van der Waals surface area contributed by atoms with Gasteiger partial charge >= 0.3 is 12.1 Å². The zero-order valence-corrected chi connectivity index (χ0v) is 27.8. The first kappa shape index (κ1) is 37.3. The molecule has 4 fully saturated rings. The smallest absolute Gasteiger partial charge is 0.408 e. The van der Waals surface area contributed by atoms with Crippen molar-refractivity contribution in [2.24, 2.45) is 35.1 Å². The Kier molecular flexibility index (Phi) is 14.0. The van der Waals surface area contributed by atoms with Crippen molar-refractivity contribution in [3.8, 4) is 0 Å². The second kappa shape index (κ2) is 17.7. The number of rotatable bonds is 15. The van der Waals surface area contributed by atoms with Crippen LogP contribution in [0.4, 0.5) is 4.79 Å². The summed E-state index contributed by atoms with van der Waals surface area (Å²) >= 11 is 0. The average Bonchev–Trinajstić information content (AvgIpc) is 2.96. The van der Waals surface area contributed by atoms with Crippen molar-refractivity contribution in [3.63, 3.8) is 0 Å². The number of carbonyl (C=O) groups is 5. The Bertz CT molecular complexity index is 1210. The maximum Gasteiger partial charge on any atom is 0.408 e. The van der Waals surface area contributed by atoms with Crippen molar-refractivity contribution in [2.75, 3.05) is 6.54 Å². The van der Waals surface area contributed by atoms with E-state index in [1.54, 1.807) is 0 Å². The molecule has 3 amide bonds. The van der Waals surface area contributed by atoms with Gasteiger partial charge in [-0.2, -0.15) is 0 Å². The van der Waals surface area contributed by atoms with Gasteiger partial charge in [-0.05, 0) is 93.9 Å². The van der Waals surface area contributed by atoms with Crippen LogP contribution in [0.2, 0.25) is 0 Å². The van der Waals surface area contributed by atoms with Gasteiger partial charge in [0.2, 0.25) is 11.8 Å². The first-order chi connectivity index (χ1) is 22.3. The third-order valence-electron chi connectivity index (χ3n) is 9.04. The molecule has 13 nitrogen and oxygen atoms in total. The number of nitrogens with one attached hydrogen (secondary N) is 4. The fourth-order valence-corrected chi connectivity index (χ4v) is 7.57. The highest BCUT2D eigenvalue weighted by Gasteiger charge is 2.53. The Morgan fingerprint density at radius 2 is 1.51 bits per heavy atom. The lowest BCUT2D eigenvalue weighted by atomic mass is 9.54. The van der Waals surface area contributed by atoms with Gasteiger partial charge in [-0.1, -0.05) is 44.2 Å². The van der Waals surface area contributed by atoms with Gasteiger partial charge in [-0.3, -0.25) is 26.0 Å². The number of benzene rings is 1. The Balaban J connectivity index is 0.00000142. The number of nitrogens with two attached hydrogens (primary N) is 2. The summed E-state index contributed by atoms with van der Waals surface area (Å²) in [6, 6.07) is 6.75. The molecular weight excluding hydrogens is 604 g/mol. The van der Waals surface area contributed by atoms with Crippen molar-refractivity contribution in [1.29, 1.82) is 0 Å². The minimum absolute atomic E-state index is 0.0868. The molecule has 0 heterocycles. The number of carboxylic acid groups (broad SMARTS) is 1. The molecule has 0 unspecified atom stereocenters. The van der Waals surface area contributed by atoms with Crippen LogP contribution in [0.5, 0.6) is 0 Å². The summed E-state index contributed by atoms with van der Waals surface area (Å²) < 4.78 is 6.12. The van der Waals surface area contributed by atoms with Crippen LogP contribution in [0.15, 0.2) is 30.3 Å². The minimum atomic E-state index is -1.08. The highest BCUT2D eigenvalue weighted by atomic mass is 16.6. The van der Waals surface area contributed by atoms with E-state index in [2.05, 4.69) is 20.9 Å². The van der Waals surface area contributed by atoms with E-state index in [1.807, 2.05) is 44.2 Å². The second-order valence-corrected chi connectivity index (χ2v) is 13.8. The maximum absolute atomic E-state index is 13.6. The van der Waals surface area contributed by atoms with Gasteiger partial charge in [0, 0.05) is 12.4 Å². The van der Waals surface area contributed by atoms with Crippen molar-refractivity contribution < 1.29 is 38.8 Å². The molecule has 13 heteroatoms. The fraction of sp³-hybridized carbons (Fsp3) is 0.647.